The lowest BCUT2D eigenvalue weighted by atomic mass is 10.1. The molecule has 3 N–H and O–H groups in total. The molecular weight excluding hydrogens is 326 g/mol. The quantitative estimate of drug-likeness (QED) is 0.821. The largest absolute Gasteiger partial charge is 0.495 e. The van der Waals surface area contributed by atoms with Gasteiger partial charge in [0.25, 0.3) is 5.92 Å². The number of halogens is 3. The van der Waals surface area contributed by atoms with E-state index < -0.39 is 29.0 Å². The van der Waals surface area contributed by atoms with E-state index in [0.29, 0.717) is 5.56 Å². The van der Waals surface area contributed by atoms with Gasteiger partial charge in [0.15, 0.2) is 0 Å². The van der Waals surface area contributed by atoms with Crippen molar-refractivity contribution in [2.45, 2.75) is 24.7 Å². The summed E-state index contributed by atoms with van der Waals surface area (Å²) < 4.78 is 57.3. The molecule has 0 heterocycles. The number of sulfonamides is 1. The Hall–Kier alpha value is -0.960. The molecule has 0 saturated carbocycles. The smallest absolute Gasteiger partial charge is 0.273 e. The van der Waals surface area contributed by atoms with E-state index in [2.05, 4.69) is 0 Å². The Morgan fingerprint density at radius 3 is 2.38 bits per heavy atom. The predicted molar refractivity (Wildman–Crippen MR) is 78.9 cm³/mol. The summed E-state index contributed by atoms with van der Waals surface area (Å²) in [6.45, 7) is 1.37. The molecule has 1 rings (SSSR count). The minimum absolute atomic E-state index is 0. The topological polar surface area (TPSA) is 81.4 Å². The van der Waals surface area contributed by atoms with Gasteiger partial charge in [-0.3, -0.25) is 0 Å². The van der Waals surface area contributed by atoms with Gasteiger partial charge in [-0.15, -0.1) is 12.4 Å². The lowest BCUT2D eigenvalue weighted by Crippen LogP contribution is -2.41. The SMILES string of the molecule is COc1cc(C)cc(C)c1S(=O)(=O)NCC(F)(F)CN.Cl. The van der Waals surface area contributed by atoms with Crippen molar-refractivity contribution in [2.75, 3.05) is 20.2 Å². The highest BCUT2D eigenvalue weighted by molar-refractivity contribution is 7.89. The summed E-state index contributed by atoms with van der Waals surface area (Å²) in [6.07, 6.45) is 0. The number of alkyl halides is 2. The monoisotopic (exact) mass is 344 g/mol. The second-order valence-corrected chi connectivity index (χ2v) is 6.20. The third-order valence-electron chi connectivity index (χ3n) is 2.69. The Bertz CT molecular complexity index is 594. The van der Waals surface area contributed by atoms with E-state index in [1.54, 1.807) is 19.9 Å². The Labute approximate surface area is 129 Å². The fourth-order valence-corrected chi connectivity index (χ4v) is 3.19. The van der Waals surface area contributed by atoms with Crippen molar-refractivity contribution in [3.63, 3.8) is 0 Å². The molecule has 122 valence electrons. The van der Waals surface area contributed by atoms with E-state index in [1.165, 1.54) is 13.2 Å². The van der Waals surface area contributed by atoms with Crippen LogP contribution in [0.3, 0.4) is 0 Å². The Morgan fingerprint density at radius 2 is 1.90 bits per heavy atom. The molecule has 0 aliphatic carbocycles. The van der Waals surface area contributed by atoms with Crippen molar-refractivity contribution in [3.05, 3.63) is 23.3 Å². The van der Waals surface area contributed by atoms with Gasteiger partial charge in [-0.05, 0) is 31.0 Å². The molecule has 0 fully saturated rings. The molecule has 0 unspecified atom stereocenters. The highest BCUT2D eigenvalue weighted by Crippen LogP contribution is 2.28. The fourth-order valence-electron chi connectivity index (χ4n) is 1.76. The van der Waals surface area contributed by atoms with Crippen molar-refractivity contribution in [3.8, 4) is 5.75 Å². The lowest BCUT2D eigenvalue weighted by molar-refractivity contribution is 0.0170. The lowest BCUT2D eigenvalue weighted by Gasteiger charge is -2.17. The number of benzene rings is 1. The second kappa shape index (κ2) is 7.35. The first-order valence-corrected chi connectivity index (χ1v) is 7.34. The average Bonchev–Trinajstić information content (AvgIpc) is 2.35. The zero-order valence-corrected chi connectivity index (χ0v) is 13.6. The van der Waals surface area contributed by atoms with Crippen LogP contribution < -0.4 is 15.2 Å². The normalized spacial score (nSPS) is 11.9. The molecule has 0 amide bonds. The number of methoxy groups -OCH3 is 1. The first kappa shape index (κ1) is 20.0. The Balaban J connectivity index is 0.00000400. The number of nitrogens with one attached hydrogen (secondary N) is 1. The van der Waals surface area contributed by atoms with Gasteiger partial charge in [-0.25, -0.2) is 21.9 Å². The van der Waals surface area contributed by atoms with Crippen molar-refractivity contribution < 1.29 is 21.9 Å². The second-order valence-electron chi connectivity index (χ2n) is 4.50. The standard InChI is InChI=1S/C12H18F2N2O3S.ClH/c1-8-4-9(2)11(10(5-8)19-3)20(17,18)16-7-12(13,14)6-15;/h4-5,16H,6-7,15H2,1-3H3;1H. The van der Waals surface area contributed by atoms with E-state index >= 15 is 0 Å². The Kier molecular flexibility index (Phi) is 7.01. The van der Waals surface area contributed by atoms with Crippen LogP contribution in [0.2, 0.25) is 0 Å². The third kappa shape index (κ3) is 5.06. The van der Waals surface area contributed by atoms with Crippen LogP contribution in [0.1, 0.15) is 11.1 Å². The number of ether oxygens (including phenoxy) is 1. The zero-order valence-electron chi connectivity index (χ0n) is 11.9. The van der Waals surface area contributed by atoms with Gasteiger partial charge < -0.3 is 10.5 Å². The van der Waals surface area contributed by atoms with Crippen LogP contribution in [0.4, 0.5) is 8.78 Å². The van der Waals surface area contributed by atoms with Crippen molar-refractivity contribution in [1.82, 2.24) is 4.72 Å². The zero-order chi connectivity index (χ0) is 15.6. The van der Waals surface area contributed by atoms with Crippen molar-refractivity contribution in [2.24, 2.45) is 5.73 Å². The highest BCUT2D eigenvalue weighted by atomic mass is 35.5. The average molecular weight is 345 g/mol. The molecule has 0 radical (unpaired) electrons. The number of nitrogens with two attached hydrogens (primary N) is 1. The van der Waals surface area contributed by atoms with E-state index in [-0.39, 0.29) is 23.1 Å². The van der Waals surface area contributed by atoms with Crippen LogP contribution in [0.25, 0.3) is 0 Å². The first-order chi connectivity index (χ1) is 9.13. The summed E-state index contributed by atoms with van der Waals surface area (Å²) in [5.41, 5.74) is 6.10. The van der Waals surface area contributed by atoms with Crippen LogP contribution in [0.5, 0.6) is 5.75 Å². The molecule has 0 saturated heterocycles. The molecule has 9 heteroatoms. The number of rotatable bonds is 6. The molecule has 1 aromatic carbocycles. The maximum absolute atomic E-state index is 13.1. The Morgan fingerprint density at radius 1 is 1.33 bits per heavy atom. The maximum atomic E-state index is 13.1. The fraction of sp³-hybridized carbons (Fsp3) is 0.500. The van der Waals surface area contributed by atoms with Crippen LogP contribution in [-0.2, 0) is 10.0 Å². The highest BCUT2D eigenvalue weighted by Gasteiger charge is 2.31. The molecule has 21 heavy (non-hydrogen) atoms. The van der Waals surface area contributed by atoms with Crippen LogP contribution in [0, 0.1) is 13.8 Å². The van der Waals surface area contributed by atoms with Gasteiger partial charge in [0.1, 0.15) is 10.6 Å². The third-order valence-corrected chi connectivity index (χ3v) is 4.28. The summed E-state index contributed by atoms with van der Waals surface area (Å²) in [5, 5.41) is 0. The van der Waals surface area contributed by atoms with Gasteiger partial charge in [-0.2, -0.15) is 0 Å². The summed E-state index contributed by atoms with van der Waals surface area (Å²) in [7, 11) is -2.78. The molecule has 0 atom stereocenters. The molecule has 0 aliphatic heterocycles. The van der Waals surface area contributed by atoms with Gasteiger partial charge in [0.2, 0.25) is 10.0 Å². The van der Waals surface area contributed by atoms with Crippen molar-refractivity contribution >= 4 is 22.4 Å². The van der Waals surface area contributed by atoms with Crippen molar-refractivity contribution in [1.29, 1.82) is 0 Å². The summed E-state index contributed by atoms with van der Waals surface area (Å²) in [5.74, 6) is -3.18. The summed E-state index contributed by atoms with van der Waals surface area (Å²) >= 11 is 0. The maximum Gasteiger partial charge on any atom is 0.273 e. The predicted octanol–water partition coefficient (Wildman–Crippen LogP) is 1.61. The first-order valence-electron chi connectivity index (χ1n) is 5.86. The minimum Gasteiger partial charge on any atom is -0.495 e. The molecule has 0 aliphatic rings. The summed E-state index contributed by atoms with van der Waals surface area (Å²) in [4.78, 5) is -0.140. The van der Waals surface area contributed by atoms with Crippen LogP contribution in [-0.4, -0.2) is 34.5 Å². The molecule has 0 bridgehead atoms. The molecular formula is C12H19ClF2N2O3S. The van der Waals surface area contributed by atoms with E-state index in [1.807, 2.05) is 4.72 Å². The van der Waals surface area contributed by atoms with E-state index in [4.69, 9.17) is 10.5 Å². The van der Waals surface area contributed by atoms with Gasteiger partial charge in [-0.1, -0.05) is 6.07 Å². The molecule has 0 aromatic heterocycles. The van der Waals surface area contributed by atoms with Crippen LogP contribution >= 0.6 is 12.4 Å². The van der Waals surface area contributed by atoms with E-state index in [0.717, 1.165) is 5.56 Å². The number of aryl methyl sites for hydroxylation is 2. The molecule has 5 nitrogen and oxygen atoms in total. The molecule has 0 spiro atoms. The van der Waals surface area contributed by atoms with Crippen LogP contribution in [0.15, 0.2) is 17.0 Å². The number of hydrogen-bond donors (Lipinski definition) is 2. The minimum atomic E-state index is -4.10. The number of hydrogen-bond acceptors (Lipinski definition) is 4. The van der Waals surface area contributed by atoms with E-state index in [9.17, 15) is 17.2 Å². The van der Waals surface area contributed by atoms with Gasteiger partial charge in [0, 0.05) is 0 Å². The van der Waals surface area contributed by atoms with Gasteiger partial charge in [0.05, 0.1) is 20.2 Å². The molecule has 1 aromatic rings. The summed E-state index contributed by atoms with van der Waals surface area (Å²) in [6, 6.07) is 3.17. The van der Waals surface area contributed by atoms with Gasteiger partial charge >= 0.3 is 0 Å².